The summed E-state index contributed by atoms with van der Waals surface area (Å²) in [6.07, 6.45) is 0. The average molecular weight is 306 g/mol. The highest BCUT2D eigenvalue weighted by atomic mass is 19.1. The van der Waals surface area contributed by atoms with E-state index in [1.54, 1.807) is 30.3 Å². The van der Waals surface area contributed by atoms with Gasteiger partial charge in [-0.25, -0.2) is 8.78 Å². The lowest BCUT2D eigenvalue weighted by atomic mass is 10.1. The van der Waals surface area contributed by atoms with Crippen LogP contribution in [-0.4, -0.2) is 18.4 Å². The van der Waals surface area contributed by atoms with Gasteiger partial charge in [0.15, 0.2) is 18.2 Å². The molecule has 0 radical (unpaired) electrons. The van der Waals surface area contributed by atoms with Crippen molar-refractivity contribution in [3.63, 3.8) is 0 Å². The Morgan fingerprint density at radius 2 is 1.77 bits per heavy atom. The lowest BCUT2D eigenvalue weighted by Crippen LogP contribution is -2.21. The van der Waals surface area contributed by atoms with E-state index < -0.39 is 41.4 Å². The van der Waals surface area contributed by atoms with Gasteiger partial charge in [0, 0.05) is 5.69 Å². The molecule has 0 aliphatic heterocycles. The molecular weight excluding hydrogens is 294 g/mol. The summed E-state index contributed by atoms with van der Waals surface area (Å²) in [4.78, 5) is 22.6. The van der Waals surface area contributed by atoms with Gasteiger partial charge in [0.1, 0.15) is 11.4 Å². The van der Waals surface area contributed by atoms with Gasteiger partial charge in [-0.15, -0.1) is 0 Å². The maximum Gasteiger partial charge on any atom is 0.262 e. The molecule has 0 spiro atoms. The van der Waals surface area contributed by atoms with Crippen molar-refractivity contribution in [3.8, 4) is 5.75 Å². The predicted molar refractivity (Wildman–Crippen MR) is 75.4 cm³/mol. The van der Waals surface area contributed by atoms with Crippen molar-refractivity contribution in [2.24, 2.45) is 5.73 Å². The number of para-hydroxylation sites is 1. The summed E-state index contributed by atoms with van der Waals surface area (Å²) in [5.41, 5.74) is 4.54. The van der Waals surface area contributed by atoms with Crippen molar-refractivity contribution in [2.45, 2.75) is 0 Å². The lowest BCUT2D eigenvalue weighted by Gasteiger charge is -2.10. The van der Waals surface area contributed by atoms with E-state index in [4.69, 9.17) is 10.5 Å². The van der Waals surface area contributed by atoms with E-state index in [1.165, 1.54) is 0 Å². The van der Waals surface area contributed by atoms with E-state index in [0.717, 1.165) is 12.1 Å². The first kappa shape index (κ1) is 15.4. The van der Waals surface area contributed by atoms with Crippen molar-refractivity contribution in [1.82, 2.24) is 0 Å². The highest BCUT2D eigenvalue weighted by molar-refractivity contribution is 5.94. The maximum absolute atomic E-state index is 13.9. The van der Waals surface area contributed by atoms with E-state index >= 15 is 0 Å². The molecule has 0 saturated heterocycles. The molecule has 0 saturated carbocycles. The normalized spacial score (nSPS) is 10.1. The molecule has 114 valence electrons. The van der Waals surface area contributed by atoms with Gasteiger partial charge in [0.05, 0.1) is 0 Å². The number of rotatable bonds is 5. The number of halogens is 2. The number of carbonyl (C=O) groups is 2. The fourth-order valence-electron chi connectivity index (χ4n) is 1.73. The van der Waals surface area contributed by atoms with Gasteiger partial charge >= 0.3 is 0 Å². The standard InChI is InChI=1S/C15H12F2N2O3/c16-10-6-7-11(14(17)13(10)15(18)21)22-8-12(20)19-9-4-2-1-3-5-9/h1-7H,8H2,(H2,18,21)(H,19,20). The summed E-state index contributed by atoms with van der Waals surface area (Å²) >= 11 is 0. The van der Waals surface area contributed by atoms with Crippen molar-refractivity contribution in [1.29, 1.82) is 0 Å². The smallest absolute Gasteiger partial charge is 0.262 e. The summed E-state index contributed by atoms with van der Waals surface area (Å²) in [5, 5.41) is 2.53. The fourth-order valence-corrected chi connectivity index (χ4v) is 1.73. The van der Waals surface area contributed by atoms with Gasteiger partial charge in [-0.1, -0.05) is 18.2 Å². The molecule has 0 heterocycles. The van der Waals surface area contributed by atoms with E-state index in [1.807, 2.05) is 0 Å². The second-order valence-electron chi connectivity index (χ2n) is 4.30. The minimum absolute atomic E-state index is 0.432. The molecule has 0 aromatic heterocycles. The monoisotopic (exact) mass is 306 g/mol. The molecule has 0 aliphatic carbocycles. The molecule has 2 amide bonds. The zero-order valence-corrected chi connectivity index (χ0v) is 11.3. The van der Waals surface area contributed by atoms with Crippen LogP contribution in [0, 0.1) is 11.6 Å². The zero-order chi connectivity index (χ0) is 16.1. The topological polar surface area (TPSA) is 81.4 Å². The van der Waals surface area contributed by atoms with E-state index in [-0.39, 0.29) is 0 Å². The highest BCUT2D eigenvalue weighted by Crippen LogP contribution is 2.23. The first-order valence-electron chi connectivity index (χ1n) is 6.24. The minimum atomic E-state index is -1.26. The maximum atomic E-state index is 13.9. The zero-order valence-electron chi connectivity index (χ0n) is 11.3. The second kappa shape index (κ2) is 6.66. The second-order valence-corrected chi connectivity index (χ2v) is 4.30. The van der Waals surface area contributed by atoms with Gasteiger partial charge in [-0.05, 0) is 24.3 Å². The van der Waals surface area contributed by atoms with Crippen LogP contribution in [0.3, 0.4) is 0 Å². The van der Waals surface area contributed by atoms with Crippen molar-refractivity contribution in [3.05, 3.63) is 59.7 Å². The molecular formula is C15H12F2N2O3. The van der Waals surface area contributed by atoms with Crippen molar-refractivity contribution in [2.75, 3.05) is 11.9 Å². The molecule has 7 heteroatoms. The molecule has 0 unspecified atom stereocenters. The Balaban J connectivity index is 2.04. The highest BCUT2D eigenvalue weighted by Gasteiger charge is 2.19. The quantitative estimate of drug-likeness (QED) is 0.887. The predicted octanol–water partition coefficient (Wildman–Crippen LogP) is 2.08. The number of nitrogens with two attached hydrogens (primary N) is 1. The van der Waals surface area contributed by atoms with Gasteiger partial charge in [-0.2, -0.15) is 0 Å². The minimum Gasteiger partial charge on any atom is -0.481 e. The lowest BCUT2D eigenvalue weighted by molar-refractivity contribution is -0.118. The van der Waals surface area contributed by atoms with Crippen LogP contribution in [0.25, 0.3) is 0 Å². The van der Waals surface area contributed by atoms with Crippen LogP contribution in [0.5, 0.6) is 5.75 Å². The van der Waals surface area contributed by atoms with Crippen LogP contribution in [0.4, 0.5) is 14.5 Å². The number of hydrogen-bond acceptors (Lipinski definition) is 3. The van der Waals surface area contributed by atoms with Crippen LogP contribution in [0.15, 0.2) is 42.5 Å². The third-order valence-corrected chi connectivity index (χ3v) is 2.72. The molecule has 5 nitrogen and oxygen atoms in total. The Morgan fingerprint density at radius 3 is 2.41 bits per heavy atom. The summed E-state index contributed by atoms with van der Waals surface area (Å²) in [6.45, 7) is -0.504. The number of hydrogen-bond donors (Lipinski definition) is 2. The molecule has 22 heavy (non-hydrogen) atoms. The van der Waals surface area contributed by atoms with Crippen molar-refractivity contribution < 1.29 is 23.1 Å². The van der Waals surface area contributed by atoms with Crippen LogP contribution in [0.2, 0.25) is 0 Å². The molecule has 3 N–H and O–H groups in total. The fraction of sp³-hybridized carbons (Fsp3) is 0.0667. The number of nitrogens with one attached hydrogen (secondary N) is 1. The van der Waals surface area contributed by atoms with E-state index in [9.17, 15) is 18.4 Å². The molecule has 2 aromatic carbocycles. The molecule has 0 fully saturated rings. The number of amides is 2. The Morgan fingerprint density at radius 1 is 1.09 bits per heavy atom. The van der Waals surface area contributed by atoms with Gasteiger partial charge in [-0.3, -0.25) is 9.59 Å². The van der Waals surface area contributed by atoms with E-state index in [0.29, 0.717) is 5.69 Å². The SMILES string of the molecule is NC(=O)c1c(F)ccc(OCC(=O)Nc2ccccc2)c1F. The third-order valence-electron chi connectivity index (χ3n) is 2.72. The number of carbonyl (C=O) groups excluding carboxylic acids is 2. The van der Waals surface area contributed by atoms with Gasteiger partial charge in [0.2, 0.25) is 0 Å². The summed E-state index contributed by atoms with van der Waals surface area (Å²) in [5.74, 6) is -4.55. The molecule has 0 atom stereocenters. The first-order chi connectivity index (χ1) is 10.5. The third kappa shape index (κ3) is 3.57. The van der Waals surface area contributed by atoms with Crippen LogP contribution >= 0.6 is 0 Å². The number of benzene rings is 2. The molecule has 2 aromatic rings. The van der Waals surface area contributed by atoms with Gasteiger partial charge < -0.3 is 15.8 Å². The van der Waals surface area contributed by atoms with Crippen LogP contribution in [-0.2, 0) is 4.79 Å². The largest absolute Gasteiger partial charge is 0.481 e. The van der Waals surface area contributed by atoms with Crippen LogP contribution in [0.1, 0.15) is 10.4 Å². The summed E-state index contributed by atoms with van der Waals surface area (Å²) in [7, 11) is 0. The van der Waals surface area contributed by atoms with E-state index in [2.05, 4.69) is 5.32 Å². The summed E-state index contributed by atoms with van der Waals surface area (Å²) < 4.78 is 32.1. The average Bonchev–Trinajstić information content (AvgIpc) is 2.47. The Labute approximate surface area is 124 Å². The van der Waals surface area contributed by atoms with Gasteiger partial charge in [0.25, 0.3) is 11.8 Å². The molecule has 0 aliphatic rings. The molecule has 0 bridgehead atoms. The Bertz CT molecular complexity index is 705. The number of ether oxygens (including phenoxy) is 1. The number of anilines is 1. The number of primary amides is 1. The molecule has 2 rings (SSSR count). The summed E-state index contributed by atoms with van der Waals surface area (Å²) in [6, 6.07) is 10.4. The Hall–Kier alpha value is -2.96. The van der Waals surface area contributed by atoms with Crippen molar-refractivity contribution >= 4 is 17.5 Å². The Kier molecular flexibility index (Phi) is 4.67. The first-order valence-corrected chi connectivity index (χ1v) is 6.24. The van der Waals surface area contributed by atoms with Crippen LogP contribution < -0.4 is 15.8 Å².